The standard InChI is InChI=1S/C20H15Cl3F3N3O2/c1-30-13-5-14(31-2)18(23)16(17(13)22)12-3-9-6-27-15(21)4-11(9)19(28-12)29-7-10(8-29)20(24,25)26/h3-6,10H,7-8H2,1-2H3. The van der Waals surface area contributed by atoms with Crippen LogP contribution in [-0.2, 0) is 0 Å². The molecule has 1 aromatic carbocycles. The zero-order valence-electron chi connectivity index (χ0n) is 16.2. The number of methoxy groups -OCH3 is 2. The van der Waals surface area contributed by atoms with Crippen LogP contribution in [0.5, 0.6) is 11.5 Å². The minimum atomic E-state index is -4.27. The fraction of sp³-hybridized carbons (Fsp3) is 0.300. The van der Waals surface area contributed by atoms with Gasteiger partial charge in [0, 0.05) is 41.7 Å². The molecule has 1 aliphatic rings. The van der Waals surface area contributed by atoms with Crippen molar-refractivity contribution in [2.75, 3.05) is 32.2 Å². The predicted octanol–water partition coefficient (Wildman–Crippen LogP) is 6.27. The first kappa shape index (κ1) is 22.0. The summed E-state index contributed by atoms with van der Waals surface area (Å²) in [5.74, 6) is -0.450. The normalized spacial score (nSPS) is 14.6. The Morgan fingerprint density at radius 3 is 2.16 bits per heavy atom. The van der Waals surface area contributed by atoms with E-state index in [0.717, 1.165) is 0 Å². The Morgan fingerprint density at radius 1 is 1.00 bits per heavy atom. The summed E-state index contributed by atoms with van der Waals surface area (Å²) in [6.07, 6.45) is -2.75. The SMILES string of the molecule is COc1cc(OC)c(Cl)c(-c2cc3cnc(Cl)cc3c(N3CC(C(F)(F)F)C3)n2)c1Cl. The third-order valence-corrected chi connectivity index (χ3v) is 6.09. The van der Waals surface area contributed by atoms with Crippen molar-refractivity contribution in [2.24, 2.45) is 5.92 Å². The number of benzene rings is 1. The fourth-order valence-corrected chi connectivity index (χ4v) is 4.29. The predicted molar refractivity (Wildman–Crippen MR) is 115 cm³/mol. The molecule has 31 heavy (non-hydrogen) atoms. The third-order valence-electron chi connectivity index (χ3n) is 5.13. The van der Waals surface area contributed by atoms with E-state index in [1.807, 2.05) is 0 Å². The largest absolute Gasteiger partial charge is 0.495 e. The van der Waals surface area contributed by atoms with Crippen LogP contribution < -0.4 is 14.4 Å². The Balaban J connectivity index is 1.91. The Bertz CT molecular complexity index is 1140. The number of ether oxygens (including phenoxy) is 2. The molecule has 4 rings (SSSR count). The lowest BCUT2D eigenvalue weighted by atomic mass is 9.98. The maximum Gasteiger partial charge on any atom is 0.395 e. The molecule has 0 radical (unpaired) electrons. The number of pyridine rings is 2. The molecular weight excluding hydrogens is 478 g/mol. The number of fused-ring (bicyclic) bond motifs is 1. The highest BCUT2D eigenvalue weighted by atomic mass is 35.5. The molecule has 5 nitrogen and oxygen atoms in total. The van der Waals surface area contributed by atoms with E-state index in [1.165, 1.54) is 20.4 Å². The van der Waals surface area contributed by atoms with Gasteiger partial charge in [-0.15, -0.1) is 0 Å². The van der Waals surface area contributed by atoms with Gasteiger partial charge in [-0.25, -0.2) is 9.97 Å². The Morgan fingerprint density at radius 2 is 1.61 bits per heavy atom. The Labute approximate surface area is 190 Å². The van der Waals surface area contributed by atoms with Crippen LogP contribution in [0, 0.1) is 5.92 Å². The summed E-state index contributed by atoms with van der Waals surface area (Å²) in [5, 5.41) is 1.80. The first-order chi connectivity index (χ1) is 14.6. The van der Waals surface area contributed by atoms with Crippen molar-refractivity contribution >= 4 is 51.4 Å². The molecule has 2 aromatic heterocycles. The van der Waals surface area contributed by atoms with Crippen LogP contribution in [0.25, 0.3) is 22.0 Å². The molecule has 1 fully saturated rings. The molecule has 0 spiro atoms. The van der Waals surface area contributed by atoms with Gasteiger partial charge in [-0.2, -0.15) is 13.2 Å². The van der Waals surface area contributed by atoms with E-state index in [9.17, 15) is 13.2 Å². The molecule has 0 atom stereocenters. The minimum Gasteiger partial charge on any atom is -0.495 e. The number of hydrogen-bond acceptors (Lipinski definition) is 5. The number of hydrogen-bond donors (Lipinski definition) is 0. The van der Waals surface area contributed by atoms with Crippen molar-refractivity contribution in [1.82, 2.24) is 9.97 Å². The van der Waals surface area contributed by atoms with Gasteiger partial charge in [-0.3, -0.25) is 0 Å². The van der Waals surface area contributed by atoms with Gasteiger partial charge < -0.3 is 14.4 Å². The Hall–Kier alpha value is -2.16. The number of alkyl halides is 3. The van der Waals surface area contributed by atoms with Gasteiger partial charge in [-0.1, -0.05) is 34.8 Å². The van der Waals surface area contributed by atoms with Gasteiger partial charge in [0.15, 0.2) is 0 Å². The summed E-state index contributed by atoms with van der Waals surface area (Å²) in [6.45, 7) is -0.421. The monoisotopic (exact) mass is 491 g/mol. The van der Waals surface area contributed by atoms with E-state index in [1.54, 1.807) is 23.1 Å². The van der Waals surface area contributed by atoms with Crippen molar-refractivity contribution < 1.29 is 22.6 Å². The zero-order chi connectivity index (χ0) is 22.5. The highest BCUT2D eigenvalue weighted by Crippen LogP contribution is 2.47. The van der Waals surface area contributed by atoms with Crippen molar-refractivity contribution in [1.29, 1.82) is 0 Å². The second kappa shape index (κ2) is 8.07. The molecular formula is C20H15Cl3F3N3O2. The molecule has 0 aliphatic carbocycles. The smallest absolute Gasteiger partial charge is 0.395 e. The van der Waals surface area contributed by atoms with E-state index >= 15 is 0 Å². The van der Waals surface area contributed by atoms with Gasteiger partial charge in [0.2, 0.25) is 0 Å². The van der Waals surface area contributed by atoms with Crippen molar-refractivity contribution in [3.05, 3.63) is 39.6 Å². The van der Waals surface area contributed by atoms with Crippen LogP contribution in [0.2, 0.25) is 15.2 Å². The van der Waals surface area contributed by atoms with Gasteiger partial charge in [-0.05, 0) is 12.1 Å². The second-order valence-corrected chi connectivity index (χ2v) is 8.13. The van der Waals surface area contributed by atoms with Crippen LogP contribution in [0.3, 0.4) is 0 Å². The number of aromatic nitrogens is 2. The molecule has 0 unspecified atom stereocenters. The lowest BCUT2D eigenvalue weighted by Crippen LogP contribution is -2.53. The van der Waals surface area contributed by atoms with Crippen LogP contribution in [-0.4, -0.2) is 43.5 Å². The van der Waals surface area contributed by atoms with Crippen LogP contribution >= 0.6 is 34.8 Å². The average molecular weight is 493 g/mol. The van der Waals surface area contributed by atoms with Crippen LogP contribution in [0.1, 0.15) is 0 Å². The van der Waals surface area contributed by atoms with E-state index in [4.69, 9.17) is 44.3 Å². The second-order valence-electron chi connectivity index (χ2n) is 6.99. The van der Waals surface area contributed by atoms with E-state index < -0.39 is 12.1 Å². The van der Waals surface area contributed by atoms with Crippen molar-refractivity contribution in [3.63, 3.8) is 0 Å². The maximum absolute atomic E-state index is 13.0. The summed E-state index contributed by atoms with van der Waals surface area (Å²) in [4.78, 5) is 10.2. The Kier molecular flexibility index (Phi) is 5.74. The molecule has 0 amide bonds. The lowest BCUT2D eigenvalue weighted by Gasteiger charge is -2.41. The molecule has 0 saturated carbocycles. The lowest BCUT2D eigenvalue weighted by molar-refractivity contribution is -0.180. The summed E-state index contributed by atoms with van der Waals surface area (Å²) in [6, 6.07) is 4.80. The molecule has 3 heterocycles. The zero-order valence-corrected chi connectivity index (χ0v) is 18.5. The van der Waals surface area contributed by atoms with Gasteiger partial charge in [0.1, 0.15) is 22.5 Å². The molecule has 1 aliphatic heterocycles. The third kappa shape index (κ3) is 3.92. The number of nitrogens with zero attached hydrogens (tertiary/aromatic N) is 3. The highest BCUT2D eigenvalue weighted by molar-refractivity contribution is 6.41. The summed E-state index contributed by atoms with van der Waals surface area (Å²) in [5.41, 5.74) is 0.680. The molecule has 1 saturated heterocycles. The summed E-state index contributed by atoms with van der Waals surface area (Å²) < 4.78 is 49.7. The topological polar surface area (TPSA) is 47.5 Å². The van der Waals surface area contributed by atoms with E-state index in [2.05, 4.69) is 9.97 Å². The average Bonchev–Trinajstić information content (AvgIpc) is 2.66. The summed E-state index contributed by atoms with van der Waals surface area (Å²) >= 11 is 19.1. The maximum atomic E-state index is 13.0. The molecule has 164 valence electrons. The van der Waals surface area contributed by atoms with E-state index in [-0.39, 0.29) is 28.3 Å². The number of rotatable bonds is 4. The molecule has 3 aromatic rings. The molecule has 0 N–H and O–H groups in total. The highest BCUT2D eigenvalue weighted by Gasteiger charge is 2.48. The van der Waals surface area contributed by atoms with Crippen LogP contribution in [0.4, 0.5) is 19.0 Å². The van der Waals surface area contributed by atoms with Crippen molar-refractivity contribution in [2.45, 2.75) is 6.18 Å². The summed E-state index contributed by atoms with van der Waals surface area (Å²) in [7, 11) is 2.89. The minimum absolute atomic E-state index is 0.199. The first-order valence-corrected chi connectivity index (χ1v) is 10.2. The van der Waals surface area contributed by atoms with Gasteiger partial charge in [0.25, 0.3) is 0 Å². The van der Waals surface area contributed by atoms with Gasteiger partial charge >= 0.3 is 6.18 Å². The fourth-order valence-electron chi connectivity index (χ4n) is 3.44. The molecule has 11 heteroatoms. The van der Waals surface area contributed by atoms with E-state index in [0.29, 0.717) is 39.3 Å². The van der Waals surface area contributed by atoms with Crippen molar-refractivity contribution in [3.8, 4) is 22.8 Å². The van der Waals surface area contributed by atoms with Gasteiger partial charge in [0.05, 0.1) is 35.9 Å². The first-order valence-electron chi connectivity index (χ1n) is 9.02. The number of anilines is 1. The quantitative estimate of drug-likeness (QED) is 0.402. The van der Waals surface area contributed by atoms with Crippen LogP contribution in [0.15, 0.2) is 24.4 Å². The number of halogens is 6. The molecule has 0 bridgehead atoms.